The van der Waals surface area contributed by atoms with Crippen molar-refractivity contribution in [2.75, 3.05) is 39.1 Å². The Labute approximate surface area is 213 Å². The summed E-state index contributed by atoms with van der Waals surface area (Å²) in [6, 6.07) is 14.0. The van der Waals surface area contributed by atoms with E-state index in [1.165, 1.54) is 0 Å². The van der Waals surface area contributed by atoms with Crippen LogP contribution in [0.1, 0.15) is 17.5 Å². The van der Waals surface area contributed by atoms with Gasteiger partial charge in [-0.05, 0) is 24.8 Å². The number of benzene rings is 2. The van der Waals surface area contributed by atoms with Crippen LogP contribution in [0.5, 0.6) is 0 Å². The van der Waals surface area contributed by atoms with Gasteiger partial charge < -0.3 is 14.3 Å². The number of aromatic amines is 1. The molecule has 2 aliphatic heterocycles. The first-order valence-corrected chi connectivity index (χ1v) is 13.5. The highest BCUT2D eigenvalue weighted by molar-refractivity contribution is 7.98. The molecule has 8 heteroatoms. The van der Waals surface area contributed by atoms with Gasteiger partial charge in [-0.15, -0.1) is 11.8 Å². The Morgan fingerprint density at radius 3 is 2.47 bits per heavy atom. The normalized spacial score (nSPS) is 17.0. The predicted octanol–water partition coefficient (Wildman–Crippen LogP) is 4.13. The number of hydrogen-bond acceptors (Lipinski definition) is 5. The number of aromatic nitrogens is 2. The largest absolute Gasteiger partial charge is 0.379 e. The number of ether oxygens (including phenoxy) is 1. The Balaban J connectivity index is 1.46. The maximum absolute atomic E-state index is 13.2. The van der Waals surface area contributed by atoms with Crippen molar-refractivity contribution in [1.29, 1.82) is 0 Å². The molecule has 0 bridgehead atoms. The van der Waals surface area contributed by atoms with Crippen molar-refractivity contribution in [3.05, 3.63) is 66.0 Å². The van der Waals surface area contributed by atoms with Crippen LogP contribution >= 0.6 is 11.8 Å². The monoisotopic (exact) mass is 500 g/mol. The molecule has 2 aliphatic rings. The summed E-state index contributed by atoms with van der Waals surface area (Å²) in [5.41, 5.74) is 4.47. The van der Waals surface area contributed by atoms with E-state index in [9.17, 15) is 9.59 Å². The highest BCUT2D eigenvalue weighted by atomic mass is 32.2. The summed E-state index contributed by atoms with van der Waals surface area (Å²) in [5.74, 6) is -0.698. The second-order valence-corrected chi connectivity index (χ2v) is 10.0. The van der Waals surface area contributed by atoms with Crippen LogP contribution in [0.4, 0.5) is 0 Å². The smallest absolute Gasteiger partial charge is 0.259 e. The molecule has 2 amide bonds. The van der Waals surface area contributed by atoms with Gasteiger partial charge in [-0.1, -0.05) is 30.3 Å². The van der Waals surface area contributed by atoms with E-state index >= 15 is 0 Å². The lowest BCUT2D eigenvalue weighted by Crippen LogP contribution is -2.37. The number of amides is 2. The molecule has 0 unspecified atom stereocenters. The standard InChI is InChI=1S/C28H28N4O3S/c1-36-23-9-4-7-19-21(17-32(26(19)23)11-5-10-31-12-14-35-15-13-31)25-24(27(33)30-28(25)34)20-16-29-22-8-3-2-6-18(20)22/h2-4,6-9,16-17,29H,5,10-15H2,1H3,(H,30,33,34). The zero-order valence-corrected chi connectivity index (χ0v) is 21.0. The molecule has 2 aromatic carbocycles. The molecule has 36 heavy (non-hydrogen) atoms. The first-order chi connectivity index (χ1) is 17.7. The van der Waals surface area contributed by atoms with Gasteiger partial charge in [0, 0.05) is 70.9 Å². The third-order valence-corrected chi connectivity index (χ3v) is 7.89. The molecule has 0 spiro atoms. The lowest BCUT2D eigenvalue weighted by molar-refractivity contribution is -0.122. The first-order valence-electron chi connectivity index (χ1n) is 12.3. The van der Waals surface area contributed by atoms with E-state index in [-0.39, 0.29) is 11.8 Å². The van der Waals surface area contributed by atoms with Gasteiger partial charge in [0.1, 0.15) is 0 Å². The minimum Gasteiger partial charge on any atom is -0.379 e. The third-order valence-electron chi connectivity index (χ3n) is 7.12. The number of para-hydroxylation sites is 2. The molecule has 2 aromatic heterocycles. The Morgan fingerprint density at radius 2 is 1.67 bits per heavy atom. The summed E-state index contributed by atoms with van der Waals surface area (Å²) < 4.78 is 7.73. The molecule has 7 nitrogen and oxygen atoms in total. The van der Waals surface area contributed by atoms with Crippen LogP contribution in [0.3, 0.4) is 0 Å². The maximum Gasteiger partial charge on any atom is 0.259 e. The second-order valence-electron chi connectivity index (χ2n) is 9.18. The number of H-pyrrole nitrogens is 1. The van der Waals surface area contributed by atoms with E-state index in [1.54, 1.807) is 11.8 Å². The SMILES string of the molecule is CSc1cccc2c(C3=C(c4c[nH]c5ccccc45)C(=O)NC3=O)cn(CCCN3CCOCC3)c12. The van der Waals surface area contributed by atoms with E-state index in [0.29, 0.717) is 11.1 Å². The molecule has 0 saturated carbocycles. The van der Waals surface area contributed by atoms with Crippen molar-refractivity contribution < 1.29 is 14.3 Å². The molecule has 6 rings (SSSR count). The van der Waals surface area contributed by atoms with Crippen LogP contribution in [0.15, 0.2) is 59.8 Å². The number of morpholine rings is 1. The third kappa shape index (κ3) is 3.95. The Hall–Kier alpha value is -3.33. The van der Waals surface area contributed by atoms with Crippen molar-refractivity contribution in [2.24, 2.45) is 0 Å². The molecule has 0 radical (unpaired) electrons. The number of carbonyl (C=O) groups is 2. The summed E-state index contributed by atoms with van der Waals surface area (Å²) in [6.45, 7) is 5.36. The molecule has 0 aliphatic carbocycles. The lowest BCUT2D eigenvalue weighted by atomic mass is 9.95. The molecular formula is C28H28N4O3S. The molecule has 4 heterocycles. The fraction of sp³-hybridized carbons (Fsp3) is 0.286. The summed E-state index contributed by atoms with van der Waals surface area (Å²) >= 11 is 1.70. The summed E-state index contributed by atoms with van der Waals surface area (Å²) in [4.78, 5) is 33.2. The number of aryl methyl sites for hydroxylation is 1. The van der Waals surface area contributed by atoms with Crippen molar-refractivity contribution in [1.82, 2.24) is 19.8 Å². The van der Waals surface area contributed by atoms with Gasteiger partial charge in [-0.3, -0.25) is 19.8 Å². The van der Waals surface area contributed by atoms with E-state index in [4.69, 9.17) is 4.74 Å². The number of nitrogens with zero attached hydrogens (tertiary/aromatic N) is 2. The molecule has 1 saturated heterocycles. The number of fused-ring (bicyclic) bond motifs is 2. The number of carbonyl (C=O) groups excluding carboxylic acids is 2. The van der Waals surface area contributed by atoms with Crippen LogP contribution < -0.4 is 5.32 Å². The van der Waals surface area contributed by atoms with Crippen molar-refractivity contribution in [2.45, 2.75) is 17.9 Å². The molecule has 184 valence electrons. The highest BCUT2D eigenvalue weighted by Crippen LogP contribution is 2.40. The highest BCUT2D eigenvalue weighted by Gasteiger charge is 2.35. The quantitative estimate of drug-likeness (QED) is 0.295. The molecule has 0 atom stereocenters. The fourth-order valence-electron chi connectivity index (χ4n) is 5.40. The topological polar surface area (TPSA) is 79.4 Å². The van der Waals surface area contributed by atoms with Gasteiger partial charge in [0.05, 0.1) is 29.9 Å². The number of imide groups is 1. The van der Waals surface area contributed by atoms with E-state index in [0.717, 1.165) is 83.6 Å². The zero-order chi connectivity index (χ0) is 24.6. The molecular weight excluding hydrogens is 472 g/mol. The molecule has 2 N–H and O–H groups in total. The Morgan fingerprint density at radius 1 is 0.917 bits per heavy atom. The van der Waals surface area contributed by atoms with Crippen molar-refractivity contribution in [3.63, 3.8) is 0 Å². The lowest BCUT2D eigenvalue weighted by Gasteiger charge is -2.26. The number of nitrogens with one attached hydrogen (secondary N) is 2. The van der Waals surface area contributed by atoms with E-state index in [2.05, 4.69) is 44.4 Å². The molecule has 4 aromatic rings. The maximum atomic E-state index is 13.2. The Kier molecular flexibility index (Phi) is 6.17. The van der Waals surface area contributed by atoms with Gasteiger partial charge in [-0.25, -0.2) is 0 Å². The van der Waals surface area contributed by atoms with Gasteiger partial charge in [0.25, 0.3) is 11.8 Å². The van der Waals surface area contributed by atoms with Gasteiger partial charge in [-0.2, -0.15) is 0 Å². The van der Waals surface area contributed by atoms with Gasteiger partial charge in [0.2, 0.25) is 0 Å². The minimum absolute atomic E-state index is 0.345. The summed E-state index contributed by atoms with van der Waals surface area (Å²) in [5, 5.41) is 4.47. The number of thioether (sulfide) groups is 1. The van der Waals surface area contributed by atoms with Crippen LogP contribution in [0, 0.1) is 0 Å². The average Bonchev–Trinajstić information content (AvgIpc) is 3.57. The Bertz CT molecular complexity index is 1510. The number of hydrogen-bond donors (Lipinski definition) is 2. The van der Waals surface area contributed by atoms with Crippen LogP contribution in [0.2, 0.25) is 0 Å². The second kappa shape index (κ2) is 9.61. The minimum atomic E-state index is -0.353. The van der Waals surface area contributed by atoms with Crippen LogP contribution in [-0.4, -0.2) is 65.4 Å². The average molecular weight is 501 g/mol. The zero-order valence-electron chi connectivity index (χ0n) is 20.2. The number of rotatable bonds is 7. The van der Waals surface area contributed by atoms with Crippen molar-refractivity contribution in [3.8, 4) is 0 Å². The predicted molar refractivity (Wildman–Crippen MR) is 144 cm³/mol. The summed E-state index contributed by atoms with van der Waals surface area (Å²) in [6.07, 6.45) is 6.95. The van der Waals surface area contributed by atoms with Crippen molar-refractivity contribution >= 4 is 56.5 Å². The van der Waals surface area contributed by atoms with Crippen LogP contribution in [0.25, 0.3) is 33.0 Å². The van der Waals surface area contributed by atoms with E-state index in [1.807, 2.05) is 36.5 Å². The fourth-order valence-corrected chi connectivity index (χ4v) is 6.04. The van der Waals surface area contributed by atoms with Gasteiger partial charge >= 0.3 is 0 Å². The van der Waals surface area contributed by atoms with Crippen LogP contribution in [-0.2, 0) is 20.9 Å². The van der Waals surface area contributed by atoms with Gasteiger partial charge in [0.15, 0.2) is 0 Å². The summed E-state index contributed by atoms with van der Waals surface area (Å²) in [7, 11) is 0. The first kappa shape index (κ1) is 23.1. The molecule has 1 fully saturated rings. The van der Waals surface area contributed by atoms with E-state index < -0.39 is 0 Å².